The van der Waals surface area contributed by atoms with E-state index in [1.54, 1.807) is 4.68 Å². The van der Waals surface area contributed by atoms with Crippen molar-refractivity contribution < 1.29 is 9.48 Å². The van der Waals surface area contributed by atoms with E-state index in [4.69, 9.17) is 0 Å². The molecule has 6 heteroatoms. The second-order valence-corrected chi connectivity index (χ2v) is 8.16. The van der Waals surface area contributed by atoms with Gasteiger partial charge >= 0.3 is 17.2 Å². The number of rotatable bonds is 10. The molecule has 0 fully saturated rings. The third-order valence-electron chi connectivity index (χ3n) is 5.45. The van der Waals surface area contributed by atoms with Crippen LogP contribution >= 0.6 is 0 Å². The number of H-pyrrole nitrogens is 1. The second kappa shape index (κ2) is 10.8. The molecule has 0 aliphatic rings. The summed E-state index contributed by atoms with van der Waals surface area (Å²) in [5.74, 6) is -0.401. The van der Waals surface area contributed by atoms with E-state index in [1.165, 1.54) is 30.4 Å². The molecule has 164 valence electrons. The number of unbranched alkanes of at least 4 members (excludes halogenated alkanes) is 5. The Balaban J connectivity index is 1.85. The van der Waals surface area contributed by atoms with Gasteiger partial charge in [-0.3, -0.25) is 4.79 Å². The van der Waals surface area contributed by atoms with E-state index in [-0.39, 0.29) is 11.3 Å². The Morgan fingerprint density at radius 2 is 1.48 bits per heavy atom. The second-order valence-electron chi connectivity index (χ2n) is 8.16. The van der Waals surface area contributed by atoms with Gasteiger partial charge in [0.15, 0.2) is 5.69 Å². The summed E-state index contributed by atoms with van der Waals surface area (Å²) in [4.78, 5) is 26.2. The van der Waals surface area contributed by atoms with Gasteiger partial charge in [-0.05, 0) is 51.0 Å². The molecule has 0 atom stereocenters. The van der Waals surface area contributed by atoms with Crippen LogP contribution in [0.5, 0.6) is 0 Å². The Kier molecular flexibility index (Phi) is 7.82. The number of nitrogens with one attached hydrogen (secondary N) is 2. The summed E-state index contributed by atoms with van der Waals surface area (Å²) in [5.41, 5.74) is 3.38. The van der Waals surface area contributed by atoms with Crippen molar-refractivity contribution in [3.63, 3.8) is 0 Å². The molecule has 0 saturated heterocycles. The molecule has 2 aromatic carbocycles. The molecule has 1 amide bonds. The Morgan fingerprint density at radius 3 is 2.13 bits per heavy atom. The summed E-state index contributed by atoms with van der Waals surface area (Å²) in [7, 11) is 0. The first-order valence-corrected chi connectivity index (χ1v) is 11.2. The molecule has 0 unspecified atom stereocenters. The highest BCUT2D eigenvalue weighted by Crippen LogP contribution is 2.10. The predicted octanol–water partition coefficient (Wildman–Crippen LogP) is 4.68. The highest BCUT2D eigenvalue weighted by molar-refractivity contribution is 6.01. The summed E-state index contributed by atoms with van der Waals surface area (Å²) < 4.78 is 3.13. The van der Waals surface area contributed by atoms with Crippen molar-refractivity contribution >= 4 is 11.6 Å². The van der Waals surface area contributed by atoms with Gasteiger partial charge in [-0.25, -0.2) is 4.79 Å². The number of hydrogen-bond acceptors (Lipinski definition) is 2. The number of aromatic amines is 1. The first-order valence-electron chi connectivity index (χ1n) is 11.2. The van der Waals surface area contributed by atoms with Crippen LogP contribution in [0.25, 0.3) is 5.69 Å². The van der Waals surface area contributed by atoms with E-state index in [9.17, 15) is 9.59 Å². The number of aryl methyl sites for hydroxylation is 3. The summed E-state index contributed by atoms with van der Waals surface area (Å²) in [6.45, 7) is 6.79. The minimum Gasteiger partial charge on any atom is -0.319 e. The first kappa shape index (κ1) is 22.5. The summed E-state index contributed by atoms with van der Waals surface area (Å²) in [6.07, 6.45) is 6.84. The monoisotopic (exact) mass is 421 g/mol. The maximum Gasteiger partial charge on any atom is 0.411 e. The van der Waals surface area contributed by atoms with Gasteiger partial charge in [0.2, 0.25) is 0 Å². The van der Waals surface area contributed by atoms with Crippen LogP contribution in [0.4, 0.5) is 5.69 Å². The largest absolute Gasteiger partial charge is 0.411 e. The Labute approximate surface area is 183 Å². The first-order chi connectivity index (χ1) is 15.0. The molecule has 0 aliphatic heterocycles. The lowest BCUT2D eigenvalue weighted by atomic mass is 10.1. The van der Waals surface area contributed by atoms with Gasteiger partial charge in [-0.15, -0.1) is 4.68 Å². The smallest absolute Gasteiger partial charge is 0.319 e. The van der Waals surface area contributed by atoms with Crippen LogP contribution in [0.1, 0.15) is 67.1 Å². The van der Waals surface area contributed by atoms with Crippen molar-refractivity contribution in [2.24, 2.45) is 0 Å². The molecule has 6 nitrogen and oxygen atoms in total. The van der Waals surface area contributed by atoms with Gasteiger partial charge in [0.25, 0.3) is 0 Å². The summed E-state index contributed by atoms with van der Waals surface area (Å²) >= 11 is 0. The molecule has 2 N–H and O–H groups in total. The number of anilines is 1. The fourth-order valence-electron chi connectivity index (χ4n) is 3.57. The standard InChI is InChI=1S/C25H32N4O2/c1-4-5-6-7-8-9-18-28-23(24(30)26-21-14-10-19(2)11-15-21)25(31)29(27-28)22-16-12-20(3)13-17-22/h10-17H,4-9,18H2,1-3H3,(H-,26,27,30,31)/p+1. The molecule has 0 bridgehead atoms. The van der Waals surface area contributed by atoms with E-state index in [0.717, 1.165) is 24.0 Å². The van der Waals surface area contributed by atoms with Crippen molar-refractivity contribution in [2.75, 3.05) is 5.32 Å². The molecule has 1 aromatic heterocycles. The lowest BCUT2D eigenvalue weighted by molar-refractivity contribution is -0.756. The zero-order valence-electron chi connectivity index (χ0n) is 18.8. The van der Waals surface area contributed by atoms with Gasteiger partial charge in [-0.2, -0.15) is 0 Å². The van der Waals surface area contributed by atoms with E-state index in [1.807, 2.05) is 62.4 Å². The van der Waals surface area contributed by atoms with E-state index in [0.29, 0.717) is 17.9 Å². The molecule has 3 aromatic rings. The number of benzene rings is 2. The minimum absolute atomic E-state index is 0.120. The number of aromatic nitrogens is 3. The van der Waals surface area contributed by atoms with Crippen molar-refractivity contribution in [1.29, 1.82) is 0 Å². The third kappa shape index (κ3) is 5.94. The predicted molar refractivity (Wildman–Crippen MR) is 124 cm³/mol. The molecular weight excluding hydrogens is 388 g/mol. The quantitative estimate of drug-likeness (QED) is 0.368. The van der Waals surface area contributed by atoms with Crippen molar-refractivity contribution in [3.8, 4) is 5.69 Å². The topological polar surface area (TPSA) is 70.8 Å². The average molecular weight is 422 g/mol. The fourth-order valence-corrected chi connectivity index (χ4v) is 3.57. The van der Waals surface area contributed by atoms with E-state index >= 15 is 0 Å². The van der Waals surface area contributed by atoms with Gasteiger partial charge in [-0.1, -0.05) is 77.9 Å². The Hall–Kier alpha value is -3.15. The van der Waals surface area contributed by atoms with Crippen LogP contribution < -0.4 is 15.6 Å². The van der Waals surface area contributed by atoms with Crippen LogP contribution in [0.15, 0.2) is 53.3 Å². The highest BCUT2D eigenvalue weighted by atomic mass is 16.2. The molecular formula is C25H33N4O2+. The normalized spacial score (nSPS) is 10.9. The van der Waals surface area contributed by atoms with Gasteiger partial charge in [0, 0.05) is 5.69 Å². The number of hydrogen-bond donors (Lipinski definition) is 2. The average Bonchev–Trinajstić information content (AvgIpc) is 3.09. The van der Waals surface area contributed by atoms with Crippen LogP contribution in [0.3, 0.4) is 0 Å². The number of carbonyl (C=O) groups is 1. The molecule has 0 spiro atoms. The molecule has 0 aliphatic carbocycles. The SMILES string of the molecule is CCCCCCCC[n+]1[nH]n(-c2ccc(C)cc2)c(=O)c1C(=O)Nc1ccc(C)cc1. The third-order valence-corrected chi connectivity index (χ3v) is 5.45. The highest BCUT2D eigenvalue weighted by Gasteiger charge is 2.29. The zero-order chi connectivity index (χ0) is 22.2. The lowest BCUT2D eigenvalue weighted by Crippen LogP contribution is -2.45. The van der Waals surface area contributed by atoms with Crippen molar-refractivity contribution in [2.45, 2.75) is 65.8 Å². The zero-order valence-corrected chi connectivity index (χ0v) is 18.8. The van der Waals surface area contributed by atoms with Crippen molar-refractivity contribution in [1.82, 2.24) is 9.90 Å². The van der Waals surface area contributed by atoms with Gasteiger partial charge in [0.1, 0.15) is 6.54 Å². The van der Waals surface area contributed by atoms with Gasteiger partial charge in [0.05, 0.1) is 0 Å². The van der Waals surface area contributed by atoms with Crippen LogP contribution in [0, 0.1) is 13.8 Å². The van der Waals surface area contributed by atoms with Crippen molar-refractivity contribution in [3.05, 3.63) is 75.7 Å². The summed E-state index contributed by atoms with van der Waals surface area (Å²) in [5, 5.41) is 5.99. The molecule has 0 saturated carbocycles. The fraction of sp³-hybridized carbons (Fsp3) is 0.400. The van der Waals surface area contributed by atoms with E-state index in [2.05, 4.69) is 17.5 Å². The lowest BCUT2D eigenvalue weighted by Gasteiger charge is -2.04. The summed E-state index contributed by atoms with van der Waals surface area (Å²) in [6, 6.07) is 15.2. The van der Waals surface area contributed by atoms with Crippen LogP contribution in [0.2, 0.25) is 0 Å². The minimum atomic E-state index is -0.401. The van der Waals surface area contributed by atoms with Crippen LogP contribution in [-0.4, -0.2) is 15.8 Å². The maximum atomic E-state index is 13.2. The molecule has 31 heavy (non-hydrogen) atoms. The maximum absolute atomic E-state index is 13.2. The Bertz CT molecular complexity index is 1050. The molecule has 0 radical (unpaired) electrons. The van der Waals surface area contributed by atoms with Crippen LogP contribution in [-0.2, 0) is 6.54 Å². The molecule has 3 rings (SSSR count). The van der Waals surface area contributed by atoms with Gasteiger partial charge < -0.3 is 5.32 Å². The Morgan fingerprint density at radius 1 is 0.903 bits per heavy atom. The number of amides is 1. The molecule has 1 heterocycles. The number of nitrogens with zero attached hydrogens (tertiary/aromatic N) is 2. The van der Waals surface area contributed by atoms with E-state index < -0.39 is 5.91 Å². The number of carbonyl (C=O) groups excluding carboxylic acids is 1.